The summed E-state index contributed by atoms with van der Waals surface area (Å²) in [5, 5.41) is 6.98. The predicted molar refractivity (Wildman–Crippen MR) is 110 cm³/mol. The first-order chi connectivity index (χ1) is 12.2. The molecule has 0 bridgehead atoms. The van der Waals surface area contributed by atoms with Gasteiger partial charge in [-0.1, -0.05) is 30.3 Å². The summed E-state index contributed by atoms with van der Waals surface area (Å²) < 4.78 is 1.16. The number of hydrogen-bond acceptors (Lipinski definition) is 3. The van der Waals surface area contributed by atoms with E-state index in [0.717, 1.165) is 48.8 Å². The van der Waals surface area contributed by atoms with Gasteiger partial charge in [-0.3, -0.25) is 9.89 Å². The molecule has 0 atom stereocenters. The second kappa shape index (κ2) is 9.36. The van der Waals surface area contributed by atoms with Gasteiger partial charge in [0.15, 0.2) is 5.96 Å². The largest absolute Gasteiger partial charge is 0.354 e. The van der Waals surface area contributed by atoms with Crippen LogP contribution < -0.4 is 10.6 Å². The molecule has 1 aromatic carbocycles. The van der Waals surface area contributed by atoms with E-state index in [2.05, 4.69) is 78.9 Å². The number of hydrogen-bond donors (Lipinski definition) is 2. The van der Waals surface area contributed by atoms with Crippen molar-refractivity contribution in [3.8, 4) is 0 Å². The van der Waals surface area contributed by atoms with E-state index in [0.29, 0.717) is 6.04 Å². The molecule has 2 N–H and O–H groups in total. The average molecular weight is 421 g/mol. The molecule has 0 radical (unpaired) electrons. The molecule has 2 heterocycles. The Morgan fingerprint density at radius 3 is 2.60 bits per heavy atom. The van der Waals surface area contributed by atoms with Crippen LogP contribution in [0.4, 0.5) is 0 Å². The molecule has 1 saturated heterocycles. The summed E-state index contributed by atoms with van der Waals surface area (Å²) in [6.45, 7) is 4.11. The second-order valence-corrected chi connectivity index (χ2v) is 8.86. The van der Waals surface area contributed by atoms with Crippen LogP contribution in [-0.4, -0.2) is 37.0 Å². The molecular weight excluding hydrogens is 396 g/mol. The van der Waals surface area contributed by atoms with E-state index in [1.165, 1.54) is 10.4 Å². The quantitative estimate of drug-likeness (QED) is 0.569. The van der Waals surface area contributed by atoms with E-state index in [9.17, 15) is 0 Å². The monoisotopic (exact) mass is 420 g/mol. The van der Waals surface area contributed by atoms with E-state index < -0.39 is 0 Å². The summed E-state index contributed by atoms with van der Waals surface area (Å²) in [7, 11) is 1.84. The molecule has 2 aromatic rings. The zero-order valence-corrected chi connectivity index (χ0v) is 16.9. The lowest BCUT2D eigenvalue weighted by Gasteiger charge is -2.33. The van der Waals surface area contributed by atoms with Gasteiger partial charge in [-0.2, -0.15) is 0 Å². The summed E-state index contributed by atoms with van der Waals surface area (Å²) in [5.41, 5.74) is 1.40. The Kier molecular flexibility index (Phi) is 6.90. The van der Waals surface area contributed by atoms with Crippen LogP contribution in [0.15, 0.2) is 51.2 Å². The van der Waals surface area contributed by atoms with Crippen LogP contribution in [0.1, 0.15) is 23.3 Å². The van der Waals surface area contributed by atoms with Crippen LogP contribution in [0, 0.1) is 0 Å². The summed E-state index contributed by atoms with van der Waals surface area (Å²) in [4.78, 5) is 8.20. The van der Waals surface area contributed by atoms with Crippen LogP contribution in [0.2, 0.25) is 0 Å². The fraction of sp³-hybridized carbons (Fsp3) is 0.421. The highest BCUT2D eigenvalue weighted by atomic mass is 79.9. The van der Waals surface area contributed by atoms with Crippen molar-refractivity contribution in [3.63, 3.8) is 0 Å². The maximum atomic E-state index is 4.36. The van der Waals surface area contributed by atoms with Crippen molar-refractivity contribution in [2.45, 2.75) is 32.0 Å². The highest BCUT2D eigenvalue weighted by molar-refractivity contribution is 9.11. The second-order valence-electron chi connectivity index (χ2n) is 6.31. The Bertz CT molecular complexity index is 678. The van der Waals surface area contributed by atoms with Crippen LogP contribution in [0.3, 0.4) is 0 Å². The number of nitrogens with zero attached hydrogens (tertiary/aromatic N) is 2. The molecular formula is C19H25BrN4S. The van der Waals surface area contributed by atoms with Crippen molar-refractivity contribution in [1.82, 2.24) is 15.5 Å². The first-order valence-corrected chi connectivity index (χ1v) is 10.3. The van der Waals surface area contributed by atoms with Crippen molar-refractivity contribution in [3.05, 3.63) is 56.7 Å². The Morgan fingerprint density at radius 2 is 1.96 bits per heavy atom. The number of likely N-dealkylation sites (tertiary alicyclic amines) is 1. The van der Waals surface area contributed by atoms with E-state index in [-0.39, 0.29) is 0 Å². The fourth-order valence-corrected chi connectivity index (χ4v) is 4.51. The first kappa shape index (κ1) is 18.4. The zero-order valence-electron chi connectivity index (χ0n) is 14.5. The molecule has 25 heavy (non-hydrogen) atoms. The predicted octanol–water partition coefficient (Wildman–Crippen LogP) is 3.84. The molecule has 1 aliphatic heterocycles. The topological polar surface area (TPSA) is 39.7 Å². The third-order valence-corrected chi connectivity index (χ3v) is 6.08. The maximum absolute atomic E-state index is 4.36. The van der Waals surface area contributed by atoms with Gasteiger partial charge in [0.2, 0.25) is 0 Å². The Labute approximate surface area is 162 Å². The normalized spacial score (nSPS) is 16.8. The Balaban J connectivity index is 1.41. The number of guanidine groups is 1. The molecule has 1 aliphatic rings. The number of benzene rings is 1. The molecule has 0 unspecified atom stereocenters. The van der Waals surface area contributed by atoms with Crippen molar-refractivity contribution in [2.75, 3.05) is 20.1 Å². The van der Waals surface area contributed by atoms with Gasteiger partial charge in [0.1, 0.15) is 0 Å². The van der Waals surface area contributed by atoms with E-state index in [1.807, 2.05) is 7.05 Å². The fourth-order valence-electron chi connectivity index (χ4n) is 3.08. The van der Waals surface area contributed by atoms with Crippen LogP contribution in [0.25, 0.3) is 0 Å². The molecule has 1 fully saturated rings. The zero-order chi connectivity index (χ0) is 17.5. The standard InChI is InChI=1S/C19H25BrN4S/c1-21-19(22-13-17-7-8-18(20)25-17)23-16-9-11-24(12-10-16)14-15-5-3-2-4-6-15/h2-8,16H,9-14H2,1H3,(H2,21,22,23). The Morgan fingerprint density at radius 1 is 1.20 bits per heavy atom. The van der Waals surface area contributed by atoms with Gasteiger partial charge in [-0.15, -0.1) is 11.3 Å². The number of nitrogens with one attached hydrogen (secondary N) is 2. The molecule has 4 nitrogen and oxygen atoms in total. The Hall–Kier alpha value is -1.37. The summed E-state index contributed by atoms with van der Waals surface area (Å²) in [6.07, 6.45) is 2.30. The van der Waals surface area contributed by atoms with Gasteiger partial charge < -0.3 is 10.6 Å². The van der Waals surface area contributed by atoms with Gasteiger partial charge >= 0.3 is 0 Å². The SMILES string of the molecule is CN=C(NCc1ccc(Br)s1)NC1CCN(Cc2ccccc2)CC1. The highest BCUT2D eigenvalue weighted by Gasteiger charge is 2.20. The maximum Gasteiger partial charge on any atom is 0.191 e. The number of halogens is 1. The smallest absolute Gasteiger partial charge is 0.191 e. The lowest BCUT2D eigenvalue weighted by Crippen LogP contribution is -2.48. The summed E-state index contributed by atoms with van der Waals surface area (Å²) >= 11 is 5.26. The van der Waals surface area contributed by atoms with E-state index in [1.54, 1.807) is 11.3 Å². The molecule has 1 aromatic heterocycles. The summed E-state index contributed by atoms with van der Waals surface area (Å²) in [6, 6.07) is 15.4. The minimum Gasteiger partial charge on any atom is -0.354 e. The van der Waals surface area contributed by atoms with E-state index in [4.69, 9.17) is 0 Å². The molecule has 0 saturated carbocycles. The van der Waals surface area contributed by atoms with Gasteiger partial charge in [-0.05, 0) is 46.5 Å². The van der Waals surface area contributed by atoms with Gasteiger partial charge in [-0.25, -0.2) is 0 Å². The van der Waals surface area contributed by atoms with Crippen molar-refractivity contribution in [2.24, 2.45) is 4.99 Å². The average Bonchev–Trinajstić information content (AvgIpc) is 3.06. The lowest BCUT2D eigenvalue weighted by molar-refractivity contribution is 0.198. The van der Waals surface area contributed by atoms with Gasteiger partial charge in [0.25, 0.3) is 0 Å². The lowest BCUT2D eigenvalue weighted by atomic mass is 10.0. The van der Waals surface area contributed by atoms with Gasteiger partial charge in [0.05, 0.1) is 10.3 Å². The number of rotatable bonds is 5. The number of piperidine rings is 1. The van der Waals surface area contributed by atoms with E-state index >= 15 is 0 Å². The first-order valence-electron chi connectivity index (χ1n) is 8.70. The van der Waals surface area contributed by atoms with Crippen molar-refractivity contribution < 1.29 is 0 Å². The molecule has 6 heteroatoms. The highest BCUT2D eigenvalue weighted by Crippen LogP contribution is 2.21. The minimum atomic E-state index is 0.494. The molecule has 0 spiro atoms. The minimum absolute atomic E-state index is 0.494. The van der Waals surface area contributed by atoms with Gasteiger partial charge in [0, 0.05) is 37.6 Å². The third kappa shape index (κ3) is 5.83. The van der Waals surface area contributed by atoms with Crippen LogP contribution in [-0.2, 0) is 13.1 Å². The third-order valence-electron chi connectivity index (χ3n) is 4.46. The van der Waals surface area contributed by atoms with Crippen LogP contribution in [0.5, 0.6) is 0 Å². The molecule has 134 valence electrons. The van der Waals surface area contributed by atoms with Crippen molar-refractivity contribution in [1.29, 1.82) is 0 Å². The number of aliphatic imine (C=N–C) groups is 1. The number of thiophene rings is 1. The van der Waals surface area contributed by atoms with Crippen LogP contribution >= 0.6 is 27.3 Å². The molecule has 0 amide bonds. The summed E-state index contributed by atoms with van der Waals surface area (Å²) in [5.74, 6) is 0.894. The molecule has 3 rings (SSSR count). The molecule has 0 aliphatic carbocycles. The van der Waals surface area contributed by atoms with Crippen molar-refractivity contribution >= 4 is 33.2 Å².